The van der Waals surface area contributed by atoms with E-state index in [2.05, 4.69) is 20.9 Å². The van der Waals surface area contributed by atoms with Gasteiger partial charge in [0, 0.05) is 23.9 Å². The lowest BCUT2D eigenvalue weighted by Crippen LogP contribution is -2.05. The molecule has 0 aliphatic heterocycles. The molecule has 0 aliphatic rings. The Bertz CT molecular complexity index is 602. The average Bonchev–Trinajstić information content (AvgIpc) is 2.51. The highest BCUT2D eigenvalue weighted by Crippen LogP contribution is 2.36. The van der Waals surface area contributed by atoms with Crippen LogP contribution in [0, 0.1) is 0 Å². The zero-order valence-electron chi connectivity index (χ0n) is 11.7. The number of ether oxygens (including phenoxy) is 2. The summed E-state index contributed by atoms with van der Waals surface area (Å²) in [4.78, 5) is 15.1. The van der Waals surface area contributed by atoms with Crippen molar-refractivity contribution in [1.29, 1.82) is 0 Å². The van der Waals surface area contributed by atoms with Crippen molar-refractivity contribution in [3.05, 3.63) is 52.3 Å². The molecule has 5 heteroatoms. The first-order valence-corrected chi connectivity index (χ1v) is 7.48. The van der Waals surface area contributed by atoms with Crippen LogP contribution in [0.4, 0.5) is 0 Å². The lowest BCUT2D eigenvalue weighted by molar-refractivity contribution is 0.112. The van der Waals surface area contributed by atoms with Gasteiger partial charge in [0.15, 0.2) is 11.5 Å². The van der Waals surface area contributed by atoms with Gasteiger partial charge in [0.1, 0.15) is 6.29 Å². The Kier molecular flexibility index (Phi) is 5.75. The summed E-state index contributed by atoms with van der Waals surface area (Å²) >= 11 is 3.42. The molecule has 1 heterocycles. The number of nitrogens with zero attached hydrogens (tertiary/aromatic N) is 1. The normalized spacial score (nSPS) is 10.2. The molecule has 0 N–H and O–H groups in total. The van der Waals surface area contributed by atoms with Crippen molar-refractivity contribution < 1.29 is 14.3 Å². The summed E-state index contributed by atoms with van der Waals surface area (Å²) in [5.74, 6) is 1.17. The minimum Gasteiger partial charge on any atom is -0.490 e. The maximum Gasteiger partial charge on any atom is 0.175 e. The first kappa shape index (κ1) is 15.5. The van der Waals surface area contributed by atoms with E-state index in [9.17, 15) is 4.79 Å². The molecule has 1 aromatic heterocycles. The Balaban J connectivity index is 2.09. The van der Waals surface area contributed by atoms with Gasteiger partial charge in [0.25, 0.3) is 0 Å². The number of carbonyl (C=O) groups excluding carboxylic acids is 1. The highest BCUT2D eigenvalue weighted by Gasteiger charge is 2.12. The molecule has 0 aliphatic carbocycles. The molecule has 110 valence electrons. The molecule has 0 amide bonds. The maximum atomic E-state index is 10.9. The standard InChI is InChI=1S/C16H16BrNO3/c1-2-20-15-10-12(11-19)9-14(17)16(15)21-8-6-13-5-3-4-7-18-13/h3-5,7,9-11H,2,6,8H2,1H3. The van der Waals surface area contributed by atoms with Gasteiger partial charge >= 0.3 is 0 Å². The SMILES string of the molecule is CCOc1cc(C=O)cc(Br)c1OCCc1ccccn1. The second-order valence-corrected chi connectivity index (χ2v) is 5.15. The van der Waals surface area contributed by atoms with Crippen molar-refractivity contribution in [2.45, 2.75) is 13.3 Å². The Morgan fingerprint density at radius 1 is 1.29 bits per heavy atom. The lowest BCUT2D eigenvalue weighted by Gasteiger charge is -2.14. The predicted octanol–water partition coefficient (Wildman–Crippen LogP) is 3.68. The van der Waals surface area contributed by atoms with Crippen molar-refractivity contribution in [1.82, 2.24) is 4.98 Å². The summed E-state index contributed by atoms with van der Waals surface area (Å²) in [6.07, 6.45) is 3.25. The quantitative estimate of drug-likeness (QED) is 0.715. The molecule has 1 aromatic carbocycles. The topological polar surface area (TPSA) is 48.4 Å². The number of rotatable bonds is 7. The average molecular weight is 350 g/mol. The molecule has 21 heavy (non-hydrogen) atoms. The Hall–Kier alpha value is -1.88. The summed E-state index contributed by atoms with van der Waals surface area (Å²) in [7, 11) is 0. The summed E-state index contributed by atoms with van der Waals surface area (Å²) < 4.78 is 12.0. The lowest BCUT2D eigenvalue weighted by atomic mass is 10.2. The van der Waals surface area contributed by atoms with E-state index in [1.54, 1.807) is 18.3 Å². The molecule has 0 radical (unpaired) electrons. The molecule has 0 bridgehead atoms. The number of carbonyl (C=O) groups is 1. The molecule has 2 rings (SSSR count). The fraction of sp³-hybridized carbons (Fsp3) is 0.250. The van der Waals surface area contributed by atoms with E-state index >= 15 is 0 Å². The number of hydrogen-bond donors (Lipinski definition) is 0. The molecule has 0 spiro atoms. The van der Waals surface area contributed by atoms with E-state index < -0.39 is 0 Å². The van der Waals surface area contributed by atoms with Crippen molar-refractivity contribution >= 4 is 22.2 Å². The van der Waals surface area contributed by atoms with Gasteiger partial charge in [-0.05, 0) is 47.1 Å². The second-order valence-electron chi connectivity index (χ2n) is 4.30. The zero-order chi connectivity index (χ0) is 15.1. The molecule has 0 saturated carbocycles. The van der Waals surface area contributed by atoms with Gasteiger partial charge in [-0.2, -0.15) is 0 Å². The summed E-state index contributed by atoms with van der Waals surface area (Å²) in [6.45, 7) is 2.88. The van der Waals surface area contributed by atoms with Crippen LogP contribution in [0.3, 0.4) is 0 Å². The van der Waals surface area contributed by atoms with E-state index in [1.165, 1.54) is 0 Å². The van der Waals surface area contributed by atoms with Gasteiger partial charge in [-0.1, -0.05) is 6.07 Å². The van der Waals surface area contributed by atoms with Gasteiger partial charge in [0.2, 0.25) is 0 Å². The number of hydrogen-bond acceptors (Lipinski definition) is 4. The molecule has 0 unspecified atom stereocenters. The Labute approximate surface area is 132 Å². The van der Waals surface area contributed by atoms with Crippen LogP contribution in [0.5, 0.6) is 11.5 Å². The monoisotopic (exact) mass is 349 g/mol. The highest BCUT2D eigenvalue weighted by molar-refractivity contribution is 9.10. The minimum atomic E-state index is 0.482. The fourth-order valence-corrected chi connectivity index (χ4v) is 2.44. The molecule has 0 saturated heterocycles. The minimum absolute atomic E-state index is 0.482. The van der Waals surface area contributed by atoms with E-state index in [1.807, 2.05) is 25.1 Å². The fourth-order valence-electron chi connectivity index (χ4n) is 1.86. The number of aromatic nitrogens is 1. The summed E-state index contributed by atoms with van der Waals surface area (Å²) in [6, 6.07) is 9.18. The molecule has 0 atom stereocenters. The van der Waals surface area contributed by atoms with Crippen LogP contribution < -0.4 is 9.47 Å². The molecule has 0 fully saturated rings. The molecule has 4 nitrogen and oxygen atoms in total. The van der Waals surface area contributed by atoms with E-state index in [0.717, 1.165) is 12.0 Å². The summed E-state index contributed by atoms with van der Waals surface area (Å²) in [5.41, 5.74) is 1.51. The smallest absolute Gasteiger partial charge is 0.175 e. The third-order valence-electron chi connectivity index (χ3n) is 2.80. The second kappa shape index (κ2) is 7.78. The van der Waals surface area contributed by atoms with Gasteiger partial charge in [-0.15, -0.1) is 0 Å². The first-order chi connectivity index (χ1) is 10.2. The van der Waals surface area contributed by atoms with Crippen LogP contribution in [0.1, 0.15) is 23.0 Å². The van der Waals surface area contributed by atoms with Crippen LogP contribution in [0.2, 0.25) is 0 Å². The highest BCUT2D eigenvalue weighted by atomic mass is 79.9. The van der Waals surface area contributed by atoms with Crippen LogP contribution in [0.15, 0.2) is 41.0 Å². The molecular formula is C16H16BrNO3. The third-order valence-corrected chi connectivity index (χ3v) is 3.39. The number of halogens is 1. The predicted molar refractivity (Wildman–Crippen MR) is 84.1 cm³/mol. The van der Waals surface area contributed by atoms with Crippen LogP contribution in [0.25, 0.3) is 0 Å². The van der Waals surface area contributed by atoms with E-state index in [4.69, 9.17) is 9.47 Å². The van der Waals surface area contributed by atoms with E-state index in [-0.39, 0.29) is 0 Å². The van der Waals surface area contributed by atoms with Gasteiger partial charge < -0.3 is 9.47 Å². The van der Waals surface area contributed by atoms with Gasteiger partial charge in [-0.25, -0.2) is 0 Å². The van der Waals surface area contributed by atoms with Crippen molar-refractivity contribution in [2.24, 2.45) is 0 Å². The molecular weight excluding hydrogens is 334 g/mol. The number of aldehydes is 1. The number of benzene rings is 1. The third kappa shape index (κ3) is 4.29. The van der Waals surface area contributed by atoms with Crippen molar-refractivity contribution in [2.75, 3.05) is 13.2 Å². The van der Waals surface area contributed by atoms with Gasteiger partial charge in [-0.3, -0.25) is 9.78 Å². The van der Waals surface area contributed by atoms with Crippen LogP contribution >= 0.6 is 15.9 Å². The Morgan fingerprint density at radius 3 is 2.81 bits per heavy atom. The number of pyridine rings is 1. The summed E-state index contributed by atoms with van der Waals surface area (Å²) in [5, 5.41) is 0. The largest absolute Gasteiger partial charge is 0.490 e. The van der Waals surface area contributed by atoms with Crippen LogP contribution in [-0.2, 0) is 6.42 Å². The van der Waals surface area contributed by atoms with Crippen LogP contribution in [-0.4, -0.2) is 24.5 Å². The zero-order valence-corrected chi connectivity index (χ0v) is 13.3. The van der Waals surface area contributed by atoms with Crippen molar-refractivity contribution in [3.8, 4) is 11.5 Å². The molecule has 2 aromatic rings. The van der Waals surface area contributed by atoms with Crippen molar-refractivity contribution in [3.63, 3.8) is 0 Å². The van der Waals surface area contributed by atoms with Gasteiger partial charge in [0.05, 0.1) is 17.7 Å². The maximum absolute atomic E-state index is 10.9. The van der Waals surface area contributed by atoms with E-state index in [0.29, 0.717) is 41.2 Å². The Morgan fingerprint density at radius 2 is 2.14 bits per heavy atom. The first-order valence-electron chi connectivity index (χ1n) is 6.68.